The summed E-state index contributed by atoms with van der Waals surface area (Å²) in [4.78, 5) is 22.0. The van der Waals surface area contributed by atoms with Crippen molar-refractivity contribution in [2.45, 2.75) is 25.7 Å². The van der Waals surface area contributed by atoms with Gasteiger partial charge in [0.1, 0.15) is 5.75 Å². The topological polar surface area (TPSA) is 51.3 Å². The molecular formula is C25H39N5O2. The van der Waals surface area contributed by atoms with Crippen LogP contribution in [0.2, 0.25) is 0 Å². The third-order valence-corrected chi connectivity index (χ3v) is 7.10. The lowest BCUT2D eigenvalue weighted by Gasteiger charge is -2.36. The molecule has 176 valence electrons. The number of carbonyl (C=O) groups excluding carboxylic acids is 1. The quantitative estimate of drug-likeness (QED) is 0.686. The van der Waals surface area contributed by atoms with E-state index in [1.165, 1.54) is 25.7 Å². The molecule has 7 nitrogen and oxygen atoms in total. The fraction of sp³-hybridized carbons (Fsp3) is 0.640. The van der Waals surface area contributed by atoms with Crippen LogP contribution in [0, 0.1) is 5.92 Å². The van der Waals surface area contributed by atoms with Gasteiger partial charge in [-0.25, -0.2) is 4.79 Å². The molecule has 2 saturated heterocycles. The van der Waals surface area contributed by atoms with Crippen molar-refractivity contribution in [3.63, 3.8) is 0 Å². The van der Waals surface area contributed by atoms with Gasteiger partial charge in [-0.2, -0.15) is 0 Å². The molecule has 2 heterocycles. The van der Waals surface area contributed by atoms with Gasteiger partial charge < -0.3 is 24.8 Å². The normalized spacial score (nSPS) is 22.8. The standard InChI is InChI=1S/C25H39N5O2/c1-27-12-16-29(17-13-27)23-20-22(8-9-24(23)32-2)26-25(31)30-18-14-28(15-19-30)11-10-21-6-4-3-5-7-21/h4,6,8-9,20-21H,3,5,7,10-19H2,1-2H3,(H,26,31). The molecule has 1 aromatic rings. The fourth-order valence-electron chi connectivity index (χ4n) is 4.91. The molecule has 0 aromatic heterocycles. The number of methoxy groups -OCH3 is 1. The third kappa shape index (κ3) is 5.95. The minimum Gasteiger partial charge on any atom is -0.495 e. The molecule has 1 unspecified atom stereocenters. The molecule has 2 aliphatic heterocycles. The lowest BCUT2D eigenvalue weighted by molar-refractivity contribution is 0.143. The maximum absolute atomic E-state index is 12.9. The van der Waals surface area contributed by atoms with Crippen molar-refractivity contribution in [2.24, 2.45) is 5.92 Å². The van der Waals surface area contributed by atoms with Crippen LogP contribution in [-0.2, 0) is 0 Å². The van der Waals surface area contributed by atoms with Crippen molar-refractivity contribution in [3.05, 3.63) is 30.4 Å². The first-order valence-corrected chi connectivity index (χ1v) is 12.2. The molecule has 0 spiro atoms. The first-order chi connectivity index (χ1) is 15.6. The lowest BCUT2D eigenvalue weighted by Crippen LogP contribution is -2.50. The largest absolute Gasteiger partial charge is 0.495 e. The Hall–Kier alpha value is -2.25. The van der Waals surface area contributed by atoms with Crippen molar-refractivity contribution in [3.8, 4) is 5.75 Å². The number of amides is 2. The molecule has 1 atom stereocenters. The summed E-state index contributed by atoms with van der Waals surface area (Å²) in [6.45, 7) is 8.60. The molecule has 1 N–H and O–H groups in total. The Balaban J connectivity index is 1.28. The van der Waals surface area contributed by atoms with Gasteiger partial charge in [0.25, 0.3) is 0 Å². The third-order valence-electron chi connectivity index (χ3n) is 7.10. The summed E-state index contributed by atoms with van der Waals surface area (Å²) < 4.78 is 5.59. The smallest absolute Gasteiger partial charge is 0.321 e. The first-order valence-electron chi connectivity index (χ1n) is 12.2. The zero-order valence-electron chi connectivity index (χ0n) is 19.8. The van der Waals surface area contributed by atoms with Gasteiger partial charge in [0.15, 0.2) is 0 Å². The van der Waals surface area contributed by atoms with Gasteiger partial charge in [0.2, 0.25) is 0 Å². The zero-order valence-corrected chi connectivity index (χ0v) is 19.8. The number of nitrogens with one attached hydrogen (secondary N) is 1. The predicted molar refractivity (Wildman–Crippen MR) is 131 cm³/mol. The maximum Gasteiger partial charge on any atom is 0.321 e. The highest BCUT2D eigenvalue weighted by Crippen LogP contribution is 2.32. The monoisotopic (exact) mass is 441 g/mol. The van der Waals surface area contributed by atoms with E-state index in [-0.39, 0.29) is 6.03 Å². The average molecular weight is 442 g/mol. The summed E-state index contributed by atoms with van der Waals surface area (Å²) in [7, 11) is 3.86. The summed E-state index contributed by atoms with van der Waals surface area (Å²) in [5.74, 6) is 1.60. The molecule has 4 rings (SSSR count). The molecule has 2 fully saturated rings. The van der Waals surface area contributed by atoms with Gasteiger partial charge in [-0.15, -0.1) is 0 Å². The second-order valence-corrected chi connectivity index (χ2v) is 9.34. The van der Waals surface area contributed by atoms with Crippen molar-refractivity contribution in [1.82, 2.24) is 14.7 Å². The molecule has 0 saturated carbocycles. The van der Waals surface area contributed by atoms with Crippen LogP contribution < -0.4 is 15.0 Å². The number of likely N-dealkylation sites (N-methyl/N-ethyl adjacent to an activating group) is 1. The van der Waals surface area contributed by atoms with E-state index in [2.05, 4.69) is 45.3 Å². The number of nitrogens with zero attached hydrogens (tertiary/aromatic N) is 4. The van der Waals surface area contributed by atoms with Crippen LogP contribution in [0.4, 0.5) is 16.2 Å². The summed E-state index contributed by atoms with van der Waals surface area (Å²) in [5, 5.41) is 3.12. The van der Waals surface area contributed by atoms with Crippen molar-refractivity contribution < 1.29 is 9.53 Å². The number of piperazine rings is 2. The maximum atomic E-state index is 12.9. The minimum absolute atomic E-state index is 0.00522. The number of allylic oxidation sites excluding steroid dienone is 2. The summed E-state index contributed by atoms with van der Waals surface area (Å²) in [6, 6.07) is 5.94. The molecule has 32 heavy (non-hydrogen) atoms. The van der Waals surface area contributed by atoms with E-state index in [9.17, 15) is 4.79 Å². The van der Waals surface area contributed by atoms with Gasteiger partial charge in [-0.3, -0.25) is 4.90 Å². The number of urea groups is 1. The summed E-state index contributed by atoms with van der Waals surface area (Å²) >= 11 is 0. The van der Waals surface area contributed by atoms with Crippen LogP contribution in [0.1, 0.15) is 25.7 Å². The molecule has 0 radical (unpaired) electrons. The number of carbonyl (C=O) groups is 1. The zero-order chi connectivity index (χ0) is 22.3. The van der Waals surface area contributed by atoms with E-state index < -0.39 is 0 Å². The van der Waals surface area contributed by atoms with Crippen LogP contribution in [0.15, 0.2) is 30.4 Å². The SMILES string of the molecule is COc1ccc(NC(=O)N2CCN(CCC3C=CCCC3)CC2)cc1N1CCN(C)CC1. The van der Waals surface area contributed by atoms with Gasteiger partial charge >= 0.3 is 6.03 Å². The minimum atomic E-state index is -0.00522. The second kappa shape index (κ2) is 11.1. The van der Waals surface area contributed by atoms with E-state index >= 15 is 0 Å². The Morgan fingerprint density at radius 3 is 2.56 bits per heavy atom. The van der Waals surface area contributed by atoms with Crippen LogP contribution >= 0.6 is 0 Å². The van der Waals surface area contributed by atoms with Crippen molar-refractivity contribution >= 4 is 17.4 Å². The highest BCUT2D eigenvalue weighted by atomic mass is 16.5. The number of ether oxygens (including phenoxy) is 1. The number of anilines is 2. The Kier molecular flexibility index (Phi) is 7.92. The molecule has 1 aliphatic carbocycles. The summed E-state index contributed by atoms with van der Waals surface area (Å²) in [6.07, 6.45) is 9.88. The number of rotatable bonds is 6. The van der Waals surface area contributed by atoms with E-state index in [4.69, 9.17) is 4.74 Å². The van der Waals surface area contributed by atoms with E-state index in [0.29, 0.717) is 0 Å². The van der Waals surface area contributed by atoms with Gasteiger partial charge in [-0.05, 0) is 63.4 Å². The highest BCUT2D eigenvalue weighted by Gasteiger charge is 2.23. The second-order valence-electron chi connectivity index (χ2n) is 9.34. The first kappa shape index (κ1) is 22.9. The molecule has 1 aromatic carbocycles. The molecule has 7 heteroatoms. The fourth-order valence-corrected chi connectivity index (χ4v) is 4.91. The Morgan fingerprint density at radius 2 is 1.88 bits per heavy atom. The van der Waals surface area contributed by atoms with E-state index in [1.807, 2.05) is 17.0 Å². The van der Waals surface area contributed by atoms with Crippen LogP contribution in [0.5, 0.6) is 5.75 Å². The predicted octanol–water partition coefficient (Wildman–Crippen LogP) is 3.34. The average Bonchev–Trinajstić information content (AvgIpc) is 2.84. The van der Waals surface area contributed by atoms with Crippen molar-refractivity contribution in [1.29, 1.82) is 0 Å². The summed E-state index contributed by atoms with van der Waals surface area (Å²) in [5.41, 5.74) is 1.89. The number of hydrogen-bond acceptors (Lipinski definition) is 5. The number of benzene rings is 1. The highest BCUT2D eigenvalue weighted by molar-refractivity contribution is 5.90. The molecule has 0 bridgehead atoms. The van der Waals surface area contributed by atoms with Gasteiger partial charge in [0, 0.05) is 58.0 Å². The van der Waals surface area contributed by atoms with Crippen LogP contribution in [0.25, 0.3) is 0 Å². The molecule has 2 amide bonds. The molecular weight excluding hydrogens is 402 g/mol. The van der Waals surface area contributed by atoms with Crippen LogP contribution in [0.3, 0.4) is 0 Å². The van der Waals surface area contributed by atoms with E-state index in [0.717, 1.165) is 81.9 Å². The van der Waals surface area contributed by atoms with Crippen LogP contribution in [-0.4, -0.2) is 93.8 Å². The lowest BCUT2D eigenvalue weighted by atomic mass is 9.93. The Morgan fingerprint density at radius 1 is 1.09 bits per heavy atom. The number of hydrogen-bond donors (Lipinski definition) is 1. The van der Waals surface area contributed by atoms with Gasteiger partial charge in [0.05, 0.1) is 12.8 Å². The Bertz CT molecular complexity index is 783. The van der Waals surface area contributed by atoms with E-state index in [1.54, 1.807) is 7.11 Å². The Labute approximate surface area is 193 Å². The molecule has 3 aliphatic rings. The van der Waals surface area contributed by atoms with Crippen molar-refractivity contribution in [2.75, 3.05) is 83.3 Å². The van der Waals surface area contributed by atoms with Gasteiger partial charge in [-0.1, -0.05) is 12.2 Å².